The largest absolute Gasteiger partial charge is 0.274 e. The summed E-state index contributed by atoms with van der Waals surface area (Å²) in [4.78, 5) is 3.88. The quantitative estimate of drug-likeness (QED) is 0.431. The number of hydrogen-bond acceptors (Lipinski definition) is 3. The Morgan fingerprint density at radius 1 is 1.80 bits per heavy atom. The fourth-order valence-electron chi connectivity index (χ4n) is 0.152. The number of nitrogens with zero attached hydrogens (tertiary/aromatic N) is 1. The summed E-state index contributed by atoms with van der Waals surface area (Å²) < 4.78 is 0. The van der Waals surface area contributed by atoms with Gasteiger partial charge in [-0.15, -0.1) is 0 Å². The van der Waals surface area contributed by atoms with Gasteiger partial charge in [0.25, 0.3) is 0 Å². The van der Waals surface area contributed by atoms with Crippen molar-refractivity contribution in [2.75, 3.05) is 5.88 Å². The van der Waals surface area contributed by atoms with Gasteiger partial charge in [0.2, 0.25) is 0 Å². The minimum Gasteiger partial charge on any atom is -0.274 e. The van der Waals surface area contributed by atoms with E-state index in [-0.39, 0.29) is 0 Å². The monoisotopic (exact) mass is 105 g/mol. The Kier molecular flexibility index (Phi) is 1.22. The minimum atomic E-state index is 0.949. The highest BCUT2D eigenvalue weighted by Crippen LogP contribution is 2.23. The summed E-state index contributed by atoms with van der Waals surface area (Å²) >= 11 is 0. The highest BCUT2D eigenvalue weighted by Gasteiger charge is 1.87. The van der Waals surface area contributed by atoms with Crippen molar-refractivity contribution in [3.63, 3.8) is 0 Å². The van der Waals surface area contributed by atoms with Crippen molar-refractivity contribution in [1.29, 1.82) is 0 Å². The average molecular weight is 105 g/mol. The van der Waals surface area contributed by atoms with E-state index >= 15 is 0 Å². The standard InChI is InChI=1S/C2H3NS2/c1-3-2-5-4-1/h1H,2H2. The van der Waals surface area contributed by atoms with Crippen molar-refractivity contribution in [1.82, 2.24) is 0 Å². The molecule has 3 heteroatoms. The van der Waals surface area contributed by atoms with Crippen molar-refractivity contribution in [2.24, 2.45) is 4.99 Å². The Balaban J connectivity index is 2.32. The van der Waals surface area contributed by atoms with Crippen LogP contribution < -0.4 is 0 Å². The van der Waals surface area contributed by atoms with Crippen molar-refractivity contribution < 1.29 is 0 Å². The van der Waals surface area contributed by atoms with Crippen LogP contribution in [0, 0.1) is 0 Å². The summed E-state index contributed by atoms with van der Waals surface area (Å²) in [5.41, 5.74) is 1.87. The van der Waals surface area contributed by atoms with Crippen LogP contribution in [0.2, 0.25) is 0 Å². The van der Waals surface area contributed by atoms with Crippen molar-refractivity contribution in [3.8, 4) is 0 Å². The summed E-state index contributed by atoms with van der Waals surface area (Å²) in [5, 5.41) is 0. The van der Waals surface area contributed by atoms with E-state index in [9.17, 15) is 0 Å². The zero-order valence-electron chi connectivity index (χ0n) is 2.55. The van der Waals surface area contributed by atoms with Gasteiger partial charge in [-0.05, 0) is 10.8 Å². The summed E-state index contributed by atoms with van der Waals surface area (Å²) in [6.07, 6.45) is 0. The lowest BCUT2D eigenvalue weighted by atomic mass is 11.4. The summed E-state index contributed by atoms with van der Waals surface area (Å²) in [7, 11) is 3.47. The van der Waals surface area contributed by atoms with Crippen LogP contribution in [0.25, 0.3) is 0 Å². The van der Waals surface area contributed by atoms with Crippen LogP contribution in [0.5, 0.6) is 0 Å². The molecule has 1 aliphatic heterocycles. The Hall–Kier alpha value is 0.370. The molecule has 1 rings (SSSR count). The molecule has 0 aromatic heterocycles. The molecule has 5 heavy (non-hydrogen) atoms. The normalized spacial score (nSPS) is 20.8. The molecule has 0 radical (unpaired) electrons. The molecule has 0 atom stereocenters. The van der Waals surface area contributed by atoms with Crippen molar-refractivity contribution in [3.05, 3.63) is 0 Å². The van der Waals surface area contributed by atoms with Gasteiger partial charge in [0, 0.05) is 0 Å². The predicted octanol–water partition coefficient (Wildman–Crippen LogP) is 1.37. The van der Waals surface area contributed by atoms with E-state index in [0.29, 0.717) is 0 Å². The molecule has 0 aromatic carbocycles. The molecule has 1 aliphatic rings. The second-order valence-electron chi connectivity index (χ2n) is 0.631. The van der Waals surface area contributed by atoms with Crippen LogP contribution in [0.15, 0.2) is 4.99 Å². The molecule has 0 spiro atoms. The van der Waals surface area contributed by atoms with E-state index in [0.717, 1.165) is 5.88 Å². The van der Waals surface area contributed by atoms with Crippen LogP contribution in [-0.2, 0) is 0 Å². The lowest BCUT2D eigenvalue weighted by Crippen LogP contribution is -1.48. The number of aliphatic imine (C=N–C) groups is 1. The third-order valence-electron chi connectivity index (χ3n) is 0.313. The maximum atomic E-state index is 3.88. The molecular formula is C2H3NS2. The Morgan fingerprint density at radius 3 is 3.00 bits per heavy atom. The molecular weight excluding hydrogens is 102 g/mol. The first kappa shape index (κ1) is 3.56. The van der Waals surface area contributed by atoms with Crippen LogP contribution in [0.1, 0.15) is 0 Å². The Labute approximate surface area is 38.6 Å². The summed E-state index contributed by atoms with van der Waals surface area (Å²) in [5.74, 6) is 0.949. The zero-order valence-corrected chi connectivity index (χ0v) is 4.18. The van der Waals surface area contributed by atoms with Gasteiger partial charge in [-0.2, -0.15) is 0 Å². The van der Waals surface area contributed by atoms with E-state index < -0.39 is 0 Å². The fourth-order valence-corrected chi connectivity index (χ4v) is 1.37. The summed E-state index contributed by atoms with van der Waals surface area (Å²) in [6, 6.07) is 0. The highest BCUT2D eigenvalue weighted by atomic mass is 33.1. The first-order valence-corrected chi connectivity index (χ1v) is 3.65. The molecule has 0 amide bonds. The SMILES string of the molecule is C1=NCSS1. The third kappa shape index (κ3) is 0.851. The predicted molar refractivity (Wildman–Crippen MR) is 28.5 cm³/mol. The molecule has 0 aromatic rings. The van der Waals surface area contributed by atoms with Gasteiger partial charge < -0.3 is 0 Å². The van der Waals surface area contributed by atoms with E-state index in [2.05, 4.69) is 4.99 Å². The van der Waals surface area contributed by atoms with Crippen LogP contribution in [0.4, 0.5) is 0 Å². The van der Waals surface area contributed by atoms with Gasteiger partial charge in [0.05, 0.1) is 11.4 Å². The van der Waals surface area contributed by atoms with Gasteiger partial charge in [0.15, 0.2) is 0 Å². The van der Waals surface area contributed by atoms with E-state index in [4.69, 9.17) is 0 Å². The van der Waals surface area contributed by atoms with Crippen molar-refractivity contribution >= 4 is 27.1 Å². The van der Waals surface area contributed by atoms with E-state index in [1.807, 2.05) is 5.55 Å². The van der Waals surface area contributed by atoms with Gasteiger partial charge >= 0.3 is 0 Å². The molecule has 0 N–H and O–H groups in total. The maximum Gasteiger partial charge on any atom is 0.0956 e. The molecule has 0 fully saturated rings. The molecule has 0 saturated heterocycles. The van der Waals surface area contributed by atoms with Crippen molar-refractivity contribution in [2.45, 2.75) is 0 Å². The molecule has 0 aliphatic carbocycles. The average Bonchev–Trinajstić information content (AvgIpc) is 1.76. The Bertz CT molecular complexity index is 45.6. The molecule has 28 valence electrons. The van der Waals surface area contributed by atoms with Crippen LogP contribution in [-0.4, -0.2) is 11.4 Å². The number of rotatable bonds is 0. The molecule has 0 unspecified atom stereocenters. The Morgan fingerprint density at radius 2 is 2.80 bits per heavy atom. The number of hydrogen-bond donors (Lipinski definition) is 0. The van der Waals surface area contributed by atoms with Gasteiger partial charge in [-0.3, -0.25) is 4.99 Å². The molecule has 1 nitrogen and oxygen atoms in total. The topological polar surface area (TPSA) is 12.4 Å². The second kappa shape index (κ2) is 1.72. The van der Waals surface area contributed by atoms with Gasteiger partial charge in [-0.1, -0.05) is 10.8 Å². The molecule has 0 bridgehead atoms. The summed E-state index contributed by atoms with van der Waals surface area (Å²) in [6.45, 7) is 0. The minimum absolute atomic E-state index is 0.949. The van der Waals surface area contributed by atoms with Crippen LogP contribution in [0.3, 0.4) is 0 Å². The maximum absolute atomic E-state index is 3.88. The van der Waals surface area contributed by atoms with E-state index in [1.165, 1.54) is 0 Å². The lowest BCUT2D eigenvalue weighted by Gasteiger charge is -1.67. The lowest BCUT2D eigenvalue weighted by molar-refractivity contribution is 1.43. The smallest absolute Gasteiger partial charge is 0.0956 e. The fraction of sp³-hybridized carbons (Fsp3) is 0.500. The van der Waals surface area contributed by atoms with E-state index in [1.54, 1.807) is 21.6 Å². The first-order valence-electron chi connectivity index (χ1n) is 1.27. The van der Waals surface area contributed by atoms with Gasteiger partial charge in [0.1, 0.15) is 0 Å². The third-order valence-corrected chi connectivity index (χ3v) is 1.92. The van der Waals surface area contributed by atoms with Gasteiger partial charge in [-0.25, -0.2) is 0 Å². The van der Waals surface area contributed by atoms with Crippen LogP contribution >= 0.6 is 21.6 Å². The zero-order chi connectivity index (χ0) is 3.54. The highest BCUT2D eigenvalue weighted by molar-refractivity contribution is 8.82. The second-order valence-corrected chi connectivity index (χ2v) is 2.81. The first-order chi connectivity index (χ1) is 2.50. The molecule has 0 saturated carbocycles. The molecule has 1 heterocycles.